The lowest BCUT2D eigenvalue weighted by Gasteiger charge is -2.23. The molecule has 0 spiro atoms. The fourth-order valence-electron chi connectivity index (χ4n) is 2.45. The average Bonchev–Trinajstić information content (AvgIpc) is 2.52. The molecule has 0 aliphatic rings. The van der Waals surface area contributed by atoms with Crippen LogP contribution in [0.4, 0.5) is 5.69 Å². The van der Waals surface area contributed by atoms with Crippen molar-refractivity contribution in [3.05, 3.63) is 63.5 Å². The molecule has 1 aromatic heterocycles. The zero-order chi connectivity index (χ0) is 17.7. The van der Waals surface area contributed by atoms with Gasteiger partial charge in [-0.25, -0.2) is 0 Å². The first-order valence-electron chi connectivity index (χ1n) is 7.87. The first kappa shape index (κ1) is 21.2. The number of pyridine rings is 1. The van der Waals surface area contributed by atoms with Gasteiger partial charge in [0.1, 0.15) is 0 Å². The van der Waals surface area contributed by atoms with Crippen molar-refractivity contribution in [2.24, 2.45) is 5.73 Å². The van der Waals surface area contributed by atoms with Gasteiger partial charge in [-0.2, -0.15) is 0 Å². The minimum Gasteiger partial charge on any atom is -0.323 e. The van der Waals surface area contributed by atoms with Gasteiger partial charge in [-0.05, 0) is 31.0 Å². The highest BCUT2D eigenvalue weighted by Gasteiger charge is 2.27. The van der Waals surface area contributed by atoms with E-state index in [-0.39, 0.29) is 23.9 Å². The predicted octanol–water partition coefficient (Wildman–Crippen LogP) is 3.43. The molecule has 136 valence electrons. The Bertz CT molecular complexity index is 788. The number of nitrogens with zero attached hydrogens (tertiary/aromatic N) is 1. The molecule has 0 bridgehead atoms. The molecule has 7 heteroatoms. The van der Waals surface area contributed by atoms with Crippen molar-refractivity contribution < 1.29 is 4.79 Å². The first-order valence-corrected chi connectivity index (χ1v) is 8.25. The van der Waals surface area contributed by atoms with Gasteiger partial charge in [0.2, 0.25) is 5.91 Å². The second-order valence-corrected chi connectivity index (χ2v) is 6.50. The summed E-state index contributed by atoms with van der Waals surface area (Å²) in [5, 5.41) is 3.37. The molecule has 0 saturated carbocycles. The maximum absolute atomic E-state index is 12.3. The van der Waals surface area contributed by atoms with Crippen molar-refractivity contribution in [1.82, 2.24) is 4.57 Å². The van der Waals surface area contributed by atoms with Crippen molar-refractivity contribution in [3.63, 3.8) is 0 Å². The van der Waals surface area contributed by atoms with Crippen LogP contribution in [-0.4, -0.2) is 16.0 Å². The predicted molar refractivity (Wildman–Crippen MR) is 105 cm³/mol. The highest BCUT2D eigenvalue weighted by Crippen LogP contribution is 2.17. The van der Waals surface area contributed by atoms with Gasteiger partial charge in [-0.1, -0.05) is 43.1 Å². The van der Waals surface area contributed by atoms with Gasteiger partial charge in [-0.15, -0.1) is 12.4 Å². The van der Waals surface area contributed by atoms with Gasteiger partial charge in [0, 0.05) is 17.3 Å². The number of nitrogens with two attached hydrogens (primary N) is 1. The second-order valence-electron chi connectivity index (χ2n) is 6.10. The largest absolute Gasteiger partial charge is 0.323 e. The second kappa shape index (κ2) is 9.04. The minimum atomic E-state index is -0.946. The van der Waals surface area contributed by atoms with E-state index in [0.717, 1.165) is 12.0 Å². The minimum absolute atomic E-state index is 0. The van der Waals surface area contributed by atoms with Crippen LogP contribution in [0.2, 0.25) is 5.02 Å². The molecule has 0 fully saturated rings. The van der Waals surface area contributed by atoms with Gasteiger partial charge in [-0.3, -0.25) is 9.59 Å². The first-order chi connectivity index (χ1) is 11.3. The number of amides is 1. The van der Waals surface area contributed by atoms with Crippen LogP contribution in [0.5, 0.6) is 0 Å². The monoisotopic (exact) mass is 383 g/mol. The number of halogens is 2. The SMILES string of the molecule is CCCC(C)(N)C(=O)Nc1ccc(=O)n(Cc2ccccc2Cl)c1.Cl. The molecule has 1 heterocycles. The molecule has 5 nitrogen and oxygen atoms in total. The fraction of sp³-hybridized carbons (Fsp3) is 0.333. The van der Waals surface area contributed by atoms with E-state index < -0.39 is 5.54 Å². The molecule has 1 unspecified atom stereocenters. The van der Waals surface area contributed by atoms with E-state index in [0.29, 0.717) is 23.7 Å². The van der Waals surface area contributed by atoms with Crippen molar-refractivity contribution in [2.75, 3.05) is 5.32 Å². The van der Waals surface area contributed by atoms with E-state index in [2.05, 4.69) is 5.32 Å². The van der Waals surface area contributed by atoms with E-state index in [9.17, 15) is 9.59 Å². The standard InChI is InChI=1S/C18H22ClN3O2.ClH/c1-3-10-18(2,20)17(24)21-14-8-9-16(23)22(12-14)11-13-6-4-5-7-15(13)19;/h4-9,12H,3,10-11,20H2,1-2H3,(H,21,24);1H. The number of rotatable bonds is 6. The summed E-state index contributed by atoms with van der Waals surface area (Å²) in [6.45, 7) is 4.00. The number of carbonyl (C=O) groups is 1. The van der Waals surface area contributed by atoms with E-state index >= 15 is 0 Å². The highest BCUT2D eigenvalue weighted by atomic mass is 35.5. The van der Waals surface area contributed by atoms with Crippen molar-refractivity contribution in [2.45, 2.75) is 38.8 Å². The Balaban J connectivity index is 0.00000312. The zero-order valence-corrected chi connectivity index (χ0v) is 15.9. The maximum atomic E-state index is 12.3. The quantitative estimate of drug-likeness (QED) is 0.801. The number of anilines is 1. The molecule has 25 heavy (non-hydrogen) atoms. The summed E-state index contributed by atoms with van der Waals surface area (Å²) < 4.78 is 1.50. The third-order valence-corrected chi connectivity index (χ3v) is 4.20. The number of carbonyl (C=O) groups excluding carboxylic acids is 1. The summed E-state index contributed by atoms with van der Waals surface area (Å²) in [5.41, 5.74) is 6.28. The maximum Gasteiger partial charge on any atom is 0.250 e. The van der Waals surface area contributed by atoms with Crippen LogP contribution in [0.3, 0.4) is 0 Å². The molecule has 2 rings (SSSR count). The Labute approximate surface area is 158 Å². The topological polar surface area (TPSA) is 77.1 Å². The molecule has 0 saturated heterocycles. The Morgan fingerprint density at radius 3 is 2.60 bits per heavy atom. The van der Waals surface area contributed by atoms with Crippen LogP contribution < -0.4 is 16.6 Å². The summed E-state index contributed by atoms with van der Waals surface area (Å²) in [5.74, 6) is -0.271. The molecule has 2 aromatic rings. The molecule has 0 aliphatic heterocycles. The zero-order valence-electron chi connectivity index (χ0n) is 14.3. The Morgan fingerprint density at radius 1 is 1.28 bits per heavy atom. The molecule has 1 aromatic carbocycles. The molecule has 0 radical (unpaired) electrons. The fourth-order valence-corrected chi connectivity index (χ4v) is 2.64. The van der Waals surface area contributed by atoms with Crippen LogP contribution >= 0.6 is 24.0 Å². The lowest BCUT2D eigenvalue weighted by Crippen LogP contribution is -2.48. The third-order valence-electron chi connectivity index (χ3n) is 3.83. The van der Waals surface area contributed by atoms with E-state index in [1.165, 1.54) is 10.6 Å². The Kier molecular flexibility index (Phi) is 7.67. The number of nitrogens with one attached hydrogen (secondary N) is 1. The van der Waals surface area contributed by atoms with Gasteiger partial charge in [0.05, 0.1) is 17.8 Å². The van der Waals surface area contributed by atoms with Gasteiger partial charge in [0.15, 0.2) is 0 Å². The van der Waals surface area contributed by atoms with Crippen LogP contribution in [0.25, 0.3) is 0 Å². The summed E-state index contributed by atoms with van der Waals surface area (Å²) >= 11 is 6.14. The number of benzene rings is 1. The van der Waals surface area contributed by atoms with Crippen molar-refractivity contribution >= 4 is 35.6 Å². The summed E-state index contributed by atoms with van der Waals surface area (Å²) in [6.07, 6.45) is 3.00. The van der Waals surface area contributed by atoms with Gasteiger partial charge < -0.3 is 15.6 Å². The van der Waals surface area contributed by atoms with E-state index in [4.69, 9.17) is 17.3 Å². The lowest BCUT2D eigenvalue weighted by molar-refractivity contribution is -0.120. The van der Waals surface area contributed by atoms with Crippen molar-refractivity contribution in [3.8, 4) is 0 Å². The number of aromatic nitrogens is 1. The molecular weight excluding hydrogens is 361 g/mol. The van der Waals surface area contributed by atoms with E-state index in [1.807, 2.05) is 25.1 Å². The summed E-state index contributed by atoms with van der Waals surface area (Å²) in [6, 6.07) is 10.3. The number of hydrogen-bond donors (Lipinski definition) is 2. The summed E-state index contributed by atoms with van der Waals surface area (Å²) in [7, 11) is 0. The summed E-state index contributed by atoms with van der Waals surface area (Å²) in [4.78, 5) is 24.3. The van der Waals surface area contributed by atoms with E-state index in [1.54, 1.807) is 25.3 Å². The van der Waals surface area contributed by atoms with Crippen LogP contribution in [0, 0.1) is 0 Å². The average molecular weight is 384 g/mol. The van der Waals surface area contributed by atoms with Crippen LogP contribution in [0.15, 0.2) is 47.4 Å². The lowest BCUT2D eigenvalue weighted by atomic mass is 9.96. The van der Waals surface area contributed by atoms with Crippen LogP contribution in [0.1, 0.15) is 32.3 Å². The normalized spacial score (nSPS) is 12.8. The van der Waals surface area contributed by atoms with Gasteiger partial charge in [0.25, 0.3) is 5.56 Å². The molecule has 1 atom stereocenters. The van der Waals surface area contributed by atoms with Crippen molar-refractivity contribution in [1.29, 1.82) is 0 Å². The molecule has 0 aliphatic carbocycles. The van der Waals surface area contributed by atoms with Gasteiger partial charge >= 0.3 is 0 Å². The Hall–Kier alpha value is -1.82. The number of hydrogen-bond acceptors (Lipinski definition) is 3. The molecular formula is C18H23Cl2N3O2. The smallest absolute Gasteiger partial charge is 0.250 e. The Morgan fingerprint density at radius 2 is 1.96 bits per heavy atom. The molecule has 3 N–H and O–H groups in total. The van der Waals surface area contributed by atoms with Crippen LogP contribution in [-0.2, 0) is 11.3 Å². The third kappa shape index (κ3) is 5.59. The highest BCUT2D eigenvalue weighted by molar-refractivity contribution is 6.31. The molecule has 1 amide bonds.